The number of likely N-dealkylation sites (tertiary alicyclic amines) is 1. The van der Waals surface area contributed by atoms with E-state index in [0.717, 1.165) is 55.1 Å². The first-order valence-electron chi connectivity index (χ1n) is 8.97. The van der Waals surface area contributed by atoms with Crippen molar-refractivity contribution in [2.24, 2.45) is 5.92 Å². The lowest BCUT2D eigenvalue weighted by Gasteiger charge is -2.32. The summed E-state index contributed by atoms with van der Waals surface area (Å²) >= 11 is 7.48. The summed E-state index contributed by atoms with van der Waals surface area (Å²) in [6.07, 6.45) is 3.85. The van der Waals surface area contributed by atoms with Crippen LogP contribution >= 0.6 is 23.4 Å². The van der Waals surface area contributed by atoms with Gasteiger partial charge in [-0.05, 0) is 37.0 Å². The van der Waals surface area contributed by atoms with Gasteiger partial charge in [0, 0.05) is 30.4 Å². The Morgan fingerprint density at radius 1 is 1.32 bits per heavy atom. The number of carbonyl (C=O) groups excluding carboxylic acids is 2. The lowest BCUT2D eigenvalue weighted by molar-refractivity contribution is -0.133. The van der Waals surface area contributed by atoms with Gasteiger partial charge in [0.05, 0.1) is 11.7 Å². The van der Waals surface area contributed by atoms with Crippen LogP contribution in [0.5, 0.6) is 0 Å². The molecule has 1 aromatic carbocycles. The van der Waals surface area contributed by atoms with E-state index in [0.29, 0.717) is 12.3 Å². The molecule has 1 unspecified atom stereocenters. The number of rotatable bonds is 8. The van der Waals surface area contributed by atoms with Crippen molar-refractivity contribution in [3.05, 3.63) is 34.9 Å². The molecule has 0 radical (unpaired) electrons. The Balaban J connectivity index is 1.73. The van der Waals surface area contributed by atoms with Crippen molar-refractivity contribution in [1.82, 2.24) is 10.2 Å². The van der Waals surface area contributed by atoms with E-state index in [-0.39, 0.29) is 17.7 Å². The maximum absolute atomic E-state index is 12.4. The molecule has 0 spiro atoms. The summed E-state index contributed by atoms with van der Waals surface area (Å²) in [4.78, 5) is 26.5. The third kappa shape index (κ3) is 6.90. The van der Waals surface area contributed by atoms with Crippen LogP contribution in [0, 0.1) is 5.92 Å². The second-order valence-electron chi connectivity index (χ2n) is 6.44. The van der Waals surface area contributed by atoms with E-state index in [1.54, 1.807) is 11.8 Å². The standard InChI is InChI=1S/C19H27ClN2O2S/c1-2-3-10-21-19(24)16-5-4-11-22(12-16)18(23)14-25-13-15-6-8-17(20)9-7-15/h6-9,16H,2-5,10-14H2,1H3,(H,21,24). The van der Waals surface area contributed by atoms with E-state index in [4.69, 9.17) is 11.6 Å². The highest BCUT2D eigenvalue weighted by Gasteiger charge is 2.27. The fourth-order valence-corrected chi connectivity index (χ4v) is 3.89. The third-order valence-electron chi connectivity index (χ3n) is 4.38. The number of halogens is 1. The molecule has 25 heavy (non-hydrogen) atoms. The second-order valence-corrected chi connectivity index (χ2v) is 7.86. The van der Waals surface area contributed by atoms with Crippen molar-refractivity contribution in [1.29, 1.82) is 0 Å². The molecule has 1 aromatic rings. The predicted octanol–water partition coefficient (Wildman–Crippen LogP) is 3.73. The Hall–Kier alpha value is -1.20. The number of nitrogens with zero attached hydrogens (tertiary/aromatic N) is 1. The maximum Gasteiger partial charge on any atom is 0.232 e. The average Bonchev–Trinajstić information content (AvgIpc) is 2.63. The Bertz CT molecular complexity index is 565. The van der Waals surface area contributed by atoms with E-state index in [1.165, 1.54) is 0 Å². The number of nitrogens with one attached hydrogen (secondary N) is 1. The summed E-state index contributed by atoms with van der Waals surface area (Å²) in [5.74, 6) is 1.41. The molecule has 0 aromatic heterocycles. The van der Waals surface area contributed by atoms with E-state index in [2.05, 4.69) is 12.2 Å². The molecule has 6 heteroatoms. The first-order chi connectivity index (χ1) is 12.1. The summed E-state index contributed by atoms with van der Waals surface area (Å²) in [6.45, 7) is 4.16. The van der Waals surface area contributed by atoms with Gasteiger partial charge in [-0.25, -0.2) is 0 Å². The molecule has 2 amide bonds. The van der Waals surface area contributed by atoms with Gasteiger partial charge in [-0.3, -0.25) is 9.59 Å². The van der Waals surface area contributed by atoms with E-state index < -0.39 is 0 Å². The summed E-state index contributed by atoms with van der Waals surface area (Å²) < 4.78 is 0. The van der Waals surface area contributed by atoms with Crippen molar-refractivity contribution in [3.8, 4) is 0 Å². The monoisotopic (exact) mass is 382 g/mol. The first kappa shape index (κ1) is 20.1. The van der Waals surface area contributed by atoms with Gasteiger partial charge in [-0.1, -0.05) is 37.1 Å². The number of amides is 2. The van der Waals surface area contributed by atoms with Crippen LogP contribution in [0.15, 0.2) is 24.3 Å². The van der Waals surface area contributed by atoms with Crippen LogP contribution in [-0.4, -0.2) is 42.1 Å². The van der Waals surface area contributed by atoms with Crippen molar-refractivity contribution < 1.29 is 9.59 Å². The smallest absolute Gasteiger partial charge is 0.232 e. The molecule has 1 N–H and O–H groups in total. The molecule has 2 rings (SSSR count). The van der Waals surface area contributed by atoms with Gasteiger partial charge in [0.2, 0.25) is 11.8 Å². The summed E-state index contributed by atoms with van der Waals surface area (Å²) in [5.41, 5.74) is 1.16. The quantitative estimate of drug-likeness (QED) is 0.697. The van der Waals surface area contributed by atoms with Gasteiger partial charge in [-0.2, -0.15) is 0 Å². The van der Waals surface area contributed by atoms with Crippen LogP contribution in [0.1, 0.15) is 38.2 Å². The highest BCUT2D eigenvalue weighted by molar-refractivity contribution is 7.99. The number of unbranched alkanes of at least 4 members (excludes halogenated alkanes) is 1. The molecule has 1 aliphatic rings. The Kier molecular flexibility index (Phi) is 8.62. The topological polar surface area (TPSA) is 49.4 Å². The van der Waals surface area contributed by atoms with Gasteiger partial charge >= 0.3 is 0 Å². The van der Waals surface area contributed by atoms with Crippen LogP contribution in [0.3, 0.4) is 0 Å². The minimum atomic E-state index is -0.0594. The Morgan fingerprint density at radius 3 is 2.80 bits per heavy atom. The van der Waals surface area contributed by atoms with Crippen LogP contribution in [0.2, 0.25) is 5.02 Å². The third-order valence-corrected chi connectivity index (χ3v) is 5.62. The van der Waals surface area contributed by atoms with Crippen molar-refractivity contribution in [2.45, 2.75) is 38.4 Å². The van der Waals surface area contributed by atoms with Gasteiger partial charge in [0.1, 0.15) is 0 Å². The molecule has 4 nitrogen and oxygen atoms in total. The second kappa shape index (κ2) is 10.7. The van der Waals surface area contributed by atoms with Crippen LogP contribution in [0.4, 0.5) is 0 Å². The SMILES string of the molecule is CCCCNC(=O)C1CCCN(C(=O)CSCc2ccc(Cl)cc2)C1. The van der Waals surface area contributed by atoms with Crippen molar-refractivity contribution in [3.63, 3.8) is 0 Å². The predicted molar refractivity (Wildman–Crippen MR) is 105 cm³/mol. The molecule has 0 aliphatic carbocycles. The number of carbonyl (C=O) groups is 2. The molecule has 138 valence electrons. The minimum Gasteiger partial charge on any atom is -0.356 e. The molecule has 0 bridgehead atoms. The van der Waals surface area contributed by atoms with Gasteiger partial charge in [0.15, 0.2) is 0 Å². The zero-order valence-electron chi connectivity index (χ0n) is 14.8. The van der Waals surface area contributed by atoms with E-state index >= 15 is 0 Å². The van der Waals surface area contributed by atoms with Gasteiger partial charge in [-0.15, -0.1) is 11.8 Å². The number of hydrogen-bond acceptors (Lipinski definition) is 3. The van der Waals surface area contributed by atoms with Gasteiger partial charge in [0.25, 0.3) is 0 Å². The molecule has 1 fully saturated rings. The average molecular weight is 383 g/mol. The summed E-state index contributed by atoms with van der Waals surface area (Å²) in [7, 11) is 0. The van der Waals surface area contributed by atoms with Crippen LogP contribution in [0.25, 0.3) is 0 Å². The fraction of sp³-hybridized carbons (Fsp3) is 0.579. The van der Waals surface area contributed by atoms with Crippen molar-refractivity contribution >= 4 is 35.2 Å². The number of hydrogen-bond donors (Lipinski definition) is 1. The normalized spacial score (nSPS) is 17.4. The molecule has 1 heterocycles. The number of thioether (sulfide) groups is 1. The van der Waals surface area contributed by atoms with Gasteiger partial charge < -0.3 is 10.2 Å². The lowest BCUT2D eigenvalue weighted by Crippen LogP contribution is -2.46. The molecular formula is C19H27ClN2O2S. The molecule has 1 aliphatic heterocycles. The molecular weight excluding hydrogens is 356 g/mol. The molecule has 1 saturated heterocycles. The van der Waals surface area contributed by atoms with E-state index in [9.17, 15) is 9.59 Å². The Morgan fingerprint density at radius 2 is 2.08 bits per heavy atom. The Labute approximate surface area is 159 Å². The maximum atomic E-state index is 12.4. The zero-order chi connectivity index (χ0) is 18.1. The zero-order valence-corrected chi connectivity index (χ0v) is 16.4. The highest BCUT2D eigenvalue weighted by Crippen LogP contribution is 2.20. The summed E-state index contributed by atoms with van der Waals surface area (Å²) in [6, 6.07) is 7.70. The van der Waals surface area contributed by atoms with Crippen molar-refractivity contribution in [2.75, 3.05) is 25.4 Å². The first-order valence-corrected chi connectivity index (χ1v) is 10.5. The lowest BCUT2D eigenvalue weighted by atomic mass is 9.97. The summed E-state index contributed by atoms with van der Waals surface area (Å²) in [5, 5.41) is 3.71. The minimum absolute atomic E-state index is 0.0594. The largest absolute Gasteiger partial charge is 0.356 e. The molecule has 0 saturated carbocycles. The molecule has 1 atom stereocenters. The fourth-order valence-electron chi connectivity index (χ4n) is 2.88. The van der Waals surface area contributed by atoms with Crippen LogP contribution < -0.4 is 5.32 Å². The van der Waals surface area contributed by atoms with E-state index in [1.807, 2.05) is 29.2 Å². The number of benzene rings is 1. The number of piperidine rings is 1. The highest BCUT2D eigenvalue weighted by atomic mass is 35.5. The van der Waals surface area contributed by atoms with Crippen LogP contribution in [-0.2, 0) is 15.3 Å².